The van der Waals surface area contributed by atoms with E-state index in [1.54, 1.807) is 10.9 Å². The van der Waals surface area contributed by atoms with Gasteiger partial charge in [-0.15, -0.1) is 11.6 Å². The van der Waals surface area contributed by atoms with E-state index in [-0.39, 0.29) is 11.8 Å². The van der Waals surface area contributed by atoms with Crippen molar-refractivity contribution in [3.05, 3.63) is 12.4 Å². The quantitative estimate of drug-likeness (QED) is 0.615. The summed E-state index contributed by atoms with van der Waals surface area (Å²) in [6.45, 7) is 3.96. The molecule has 0 amide bonds. The van der Waals surface area contributed by atoms with E-state index < -0.39 is 10.0 Å². The van der Waals surface area contributed by atoms with Crippen molar-refractivity contribution >= 4 is 27.3 Å². The predicted octanol–water partition coefficient (Wildman–Crippen LogP) is 2.22. The third-order valence-corrected chi connectivity index (χ3v) is 3.84. The van der Waals surface area contributed by atoms with E-state index in [1.807, 2.05) is 13.8 Å². The monoisotopic (exact) mass is 279 g/mol. The minimum atomic E-state index is -3.28. The zero-order chi connectivity index (χ0) is 12.9. The lowest BCUT2D eigenvalue weighted by Crippen LogP contribution is -2.16. The summed E-state index contributed by atoms with van der Waals surface area (Å²) in [4.78, 5) is 0. The molecule has 0 aliphatic rings. The van der Waals surface area contributed by atoms with E-state index in [0.717, 1.165) is 0 Å². The van der Waals surface area contributed by atoms with Crippen molar-refractivity contribution < 1.29 is 8.42 Å². The number of rotatable bonds is 7. The molecule has 0 bridgehead atoms. The number of unbranched alkanes of at least 4 members (excludes halogenated alkanes) is 1. The zero-order valence-electron chi connectivity index (χ0n) is 10.1. The van der Waals surface area contributed by atoms with Crippen LogP contribution in [0.15, 0.2) is 12.4 Å². The van der Waals surface area contributed by atoms with Crippen molar-refractivity contribution in [2.75, 3.05) is 16.4 Å². The Hall–Kier alpha value is -0.750. The third kappa shape index (κ3) is 4.95. The molecular formula is C10H18ClN3O2S. The summed E-state index contributed by atoms with van der Waals surface area (Å²) in [6.07, 6.45) is 4.47. The molecule has 1 N–H and O–H groups in total. The second kappa shape index (κ2) is 6.26. The number of halogens is 1. The van der Waals surface area contributed by atoms with E-state index in [9.17, 15) is 8.42 Å². The third-order valence-electron chi connectivity index (χ3n) is 2.20. The van der Waals surface area contributed by atoms with Crippen molar-refractivity contribution in [1.29, 1.82) is 0 Å². The maximum atomic E-state index is 11.7. The molecule has 0 radical (unpaired) electrons. The lowest BCUT2D eigenvalue weighted by molar-refractivity contribution is 0.532. The topological polar surface area (TPSA) is 64.0 Å². The van der Waals surface area contributed by atoms with Crippen molar-refractivity contribution in [3.63, 3.8) is 0 Å². The number of sulfonamides is 1. The molecule has 0 aliphatic heterocycles. The van der Waals surface area contributed by atoms with Gasteiger partial charge in [-0.3, -0.25) is 9.40 Å². The van der Waals surface area contributed by atoms with Crippen LogP contribution >= 0.6 is 11.6 Å². The first-order valence-electron chi connectivity index (χ1n) is 5.55. The number of nitrogens with one attached hydrogen (secondary N) is 1. The normalized spacial score (nSPS) is 12.0. The van der Waals surface area contributed by atoms with E-state index in [2.05, 4.69) is 9.82 Å². The van der Waals surface area contributed by atoms with Crippen LogP contribution in [0.3, 0.4) is 0 Å². The molecule has 17 heavy (non-hydrogen) atoms. The molecular weight excluding hydrogens is 262 g/mol. The van der Waals surface area contributed by atoms with E-state index >= 15 is 0 Å². The van der Waals surface area contributed by atoms with Gasteiger partial charge in [0, 0.05) is 18.1 Å². The Morgan fingerprint density at radius 2 is 2.18 bits per heavy atom. The number of nitrogens with zero attached hydrogens (tertiary/aromatic N) is 2. The highest BCUT2D eigenvalue weighted by Crippen LogP contribution is 2.12. The Kier molecular flexibility index (Phi) is 5.27. The molecule has 0 saturated carbocycles. The Morgan fingerprint density at radius 3 is 2.71 bits per heavy atom. The van der Waals surface area contributed by atoms with Crippen LogP contribution in [0.25, 0.3) is 0 Å². The molecule has 0 fully saturated rings. The number of hydrogen-bond donors (Lipinski definition) is 1. The van der Waals surface area contributed by atoms with Crippen LogP contribution in [0.5, 0.6) is 0 Å². The Bertz CT molecular complexity index is 442. The highest BCUT2D eigenvalue weighted by Gasteiger charge is 2.11. The fourth-order valence-electron chi connectivity index (χ4n) is 1.29. The standard InChI is InChI=1S/C10H18ClN3O2S/c1-9(2)14-8-10(7-12-14)13-17(15,16)6-4-3-5-11/h7-9,13H,3-6H2,1-2H3. The van der Waals surface area contributed by atoms with Crippen LogP contribution in [-0.2, 0) is 10.0 Å². The molecule has 98 valence electrons. The molecule has 0 saturated heterocycles. The van der Waals surface area contributed by atoms with Gasteiger partial charge in [-0.05, 0) is 26.7 Å². The van der Waals surface area contributed by atoms with Crippen LogP contribution in [-0.4, -0.2) is 29.8 Å². The van der Waals surface area contributed by atoms with E-state index in [1.165, 1.54) is 6.20 Å². The Balaban J connectivity index is 2.57. The first-order chi connectivity index (χ1) is 7.94. The van der Waals surface area contributed by atoms with Crippen LogP contribution < -0.4 is 4.72 Å². The highest BCUT2D eigenvalue weighted by molar-refractivity contribution is 7.92. The van der Waals surface area contributed by atoms with Gasteiger partial charge in [0.25, 0.3) is 0 Å². The van der Waals surface area contributed by atoms with Crippen LogP contribution in [0, 0.1) is 0 Å². The summed E-state index contributed by atoms with van der Waals surface area (Å²) in [5.74, 6) is 0.577. The van der Waals surface area contributed by atoms with Crippen LogP contribution in [0.4, 0.5) is 5.69 Å². The van der Waals surface area contributed by atoms with E-state index in [0.29, 0.717) is 24.4 Å². The summed E-state index contributed by atoms with van der Waals surface area (Å²) < 4.78 is 27.5. The average molecular weight is 280 g/mol. The first kappa shape index (κ1) is 14.3. The molecule has 0 spiro atoms. The summed E-state index contributed by atoms with van der Waals surface area (Å²) >= 11 is 5.50. The van der Waals surface area contributed by atoms with Gasteiger partial charge in [0.15, 0.2) is 0 Å². The molecule has 1 heterocycles. The molecule has 0 unspecified atom stereocenters. The molecule has 1 aromatic rings. The number of anilines is 1. The second-order valence-corrected chi connectivity index (χ2v) is 6.34. The maximum absolute atomic E-state index is 11.7. The zero-order valence-corrected chi connectivity index (χ0v) is 11.6. The smallest absolute Gasteiger partial charge is 0.232 e. The van der Waals surface area contributed by atoms with Gasteiger partial charge in [0.05, 0.1) is 17.6 Å². The van der Waals surface area contributed by atoms with Gasteiger partial charge < -0.3 is 0 Å². The van der Waals surface area contributed by atoms with Crippen LogP contribution in [0.1, 0.15) is 32.7 Å². The van der Waals surface area contributed by atoms with Crippen molar-refractivity contribution in [3.8, 4) is 0 Å². The summed E-state index contributed by atoms with van der Waals surface area (Å²) in [6, 6.07) is 0.213. The van der Waals surface area contributed by atoms with Crippen molar-refractivity contribution in [1.82, 2.24) is 9.78 Å². The molecule has 5 nitrogen and oxygen atoms in total. The molecule has 1 aromatic heterocycles. The van der Waals surface area contributed by atoms with E-state index in [4.69, 9.17) is 11.6 Å². The van der Waals surface area contributed by atoms with Gasteiger partial charge in [0.1, 0.15) is 0 Å². The van der Waals surface area contributed by atoms with Gasteiger partial charge >= 0.3 is 0 Å². The average Bonchev–Trinajstić information content (AvgIpc) is 2.65. The summed E-state index contributed by atoms with van der Waals surface area (Å²) in [5, 5.41) is 4.06. The van der Waals surface area contributed by atoms with Gasteiger partial charge in [0.2, 0.25) is 10.0 Å². The van der Waals surface area contributed by atoms with Gasteiger partial charge in [-0.1, -0.05) is 0 Å². The lowest BCUT2D eigenvalue weighted by Gasteiger charge is -2.05. The van der Waals surface area contributed by atoms with Crippen molar-refractivity contribution in [2.45, 2.75) is 32.7 Å². The fourth-order valence-corrected chi connectivity index (χ4v) is 2.63. The fraction of sp³-hybridized carbons (Fsp3) is 0.700. The molecule has 1 rings (SSSR count). The molecule has 0 atom stereocenters. The minimum Gasteiger partial charge on any atom is -0.280 e. The predicted molar refractivity (Wildman–Crippen MR) is 70.0 cm³/mol. The number of alkyl halides is 1. The second-order valence-electron chi connectivity index (χ2n) is 4.12. The SMILES string of the molecule is CC(C)n1cc(NS(=O)(=O)CCCCCl)cn1. The van der Waals surface area contributed by atoms with Gasteiger partial charge in [-0.2, -0.15) is 5.10 Å². The largest absolute Gasteiger partial charge is 0.280 e. The van der Waals surface area contributed by atoms with Crippen LogP contribution in [0.2, 0.25) is 0 Å². The number of hydrogen-bond acceptors (Lipinski definition) is 3. The Labute approximate surface area is 107 Å². The summed E-state index contributed by atoms with van der Waals surface area (Å²) in [7, 11) is -3.28. The number of aromatic nitrogens is 2. The lowest BCUT2D eigenvalue weighted by atomic mass is 10.4. The molecule has 7 heteroatoms. The minimum absolute atomic E-state index is 0.0899. The van der Waals surface area contributed by atoms with Gasteiger partial charge in [-0.25, -0.2) is 8.42 Å². The Morgan fingerprint density at radius 1 is 1.47 bits per heavy atom. The van der Waals surface area contributed by atoms with Crippen molar-refractivity contribution in [2.24, 2.45) is 0 Å². The highest BCUT2D eigenvalue weighted by atomic mass is 35.5. The molecule has 0 aromatic carbocycles. The molecule has 0 aliphatic carbocycles. The maximum Gasteiger partial charge on any atom is 0.232 e. The first-order valence-corrected chi connectivity index (χ1v) is 7.74. The summed E-state index contributed by atoms with van der Waals surface area (Å²) in [5.41, 5.74) is 0.504.